The monoisotopic (exact) mass is 282 g/mol. The van der Waals surface area contributed by atoms with Gasteiger partial charge < -0.3 is 15.5 Å². The van der Waals surface area contributed by atoms with Crippen LogP contribution in [-0.4, -0.2) is 39.2 Å². The first kappa shape index (κ1) is 15.6. The van der Waals surface area contributed by atoms with E-state index in [-0.39, 0.29) is 17.8 Å². The van der Waals surface area contributed by atoms with E-state index in [1.54, 1.807) is 0 Å². The molecule has 0 aliphatic carbocycles. The number of nitro benzene ring substituents is 1. The van der Waals surface area contributed by atoms with Gasteiger partial charge in [-0.1, -0.05) is 12.1 Å². The van der Waals surface area contributed by atoms with E-state index in [0.29, 0.717) is 0 Å². The van der Waals surface area contributed by atoms with Gasteiger partial charge in [-0.05, 0) is 13.0 Å². The van der Waals surface area contributed by atoms with Crippen molar-refractivity contribution in [2.45, 2.75) is 18.9 Å². The average molecular weight is 282 g/mol. The molecule has 8 heteroatoms. The second-order valence-corrected chi connectivity index (χ2v) is 4.52. The lowest BCUT2D eigenvalue weighted by atomic mass is 10.0. The van der Waals surface area contributed by atoms with Crippen molar-refractivity contribution in [2.75, 3.05) is 6.54 Å². The van der Waals surface area contributed by atoms with Gasteiger partial charge in [-0.3, -0.25) is 19.7 Å². The summed E-state index contributed by atoms with van der Waals surface area (Å²) in [5.74, 6) is -1.96. The van der Waals surface area contributed by atoms with Crippen LogP contribution in [0.15, 0.2) is 24.3 Å². The Labute approximate surface area is 114 Å². The molecule has 0 saturated carbocycles. The van der Waals surface area contributed by atoms with Crippen LogP contribution in [-0.2, 0) is 4.79 Å². The Balaban J connectivity index is 2.78. The Bertz CT molecular complexity index is 541. The van der Waals surface area contributed by atoms with Crippen LogP contribution in [0.5, 0.6) is 0 Å². The molecule has 0 fully saturated rings. The molecule has 1 aromatic rings. The zero-order valence-electron chi connectivity index (χ0n) is 10.7. The normalized spacial score (nSPS) is 13.3. The molecule has 0 aromatic heterocycles. The maximum absolute atomic E-state index is 11.8. The number of carbonyl (C=O) groups excluding carboxylic acids is 1. The first-order chi connectivity index (χ1) is 9.23. The number of nitrogens with zero attached hydrogens (tertiary/aromatic N) is 1. The quantitative estimate of drug-likeness (QED) is 0.516. The number of para-hydroxylation sites is 1. The standard InChI is InChI=1S/C12H14N2O6/c1-12(18,6-10(15)16)7-13-11(17)8-4-2-3-5-9(8)14(19)20/h2-5,18H,6-7H2,1H3,(H,13,17)(H,15,16). The molecule has 0 aliphatic heterocycles. The fraction of sp³-hybridized carbons (Fsp3) is 0.333. The number of carboxylic acids is 1. The number of rotatable bonds is 6. The molecule has 1 aromatic carbocycles. The molecule has 1 unspecified atom stereocenters. The van der Waals surface area contributed by atoms with Crippen molar-refractivity contribution in [1.29, 1.82) is 0 Å². The van der Waals surface area contributed by atoms with Crippen LogP contribution in [0.25, 0.3) is 0 Å². The van der Waals surface area contributed by atoms with Crippen molar-refractivity contribution in [1.82, 2.24) is 5.32 Å². The minimum absolute atomic E-state index is 0.149. The fourth-order valence-corrected chi connectivity index (χ4v) is 1.58. The number of nitrogens with one attached hydrogen (secondary N) is 1. The molecular formula is C12H14N2O6. The third-order valence-corrected chi connectivity index (χ3v) is 2.51. The maximum Gasteiger partial charge on any atom is 0.306 e. The van der Waals surface area contributed by atoms with Crippen molar-refractivity contribution in [3.63, 3.8) is 0 Å². The third-order valence-electron chi connectivity index (χ3n) is 2.51. The number of aliphatic carboxylic acids is 1. The molecule has 108 valence electrons. The van der Waals surface area contributed by atoms with Crippen LogP contribution in [0.3, 0.4) is 0 Å². The van der Waals surface area contributed by atoms with Crippen LogP contribution in [0.1, 0.15) is 23.7 Å². The molecule has 1 rings (SSSR count). The second-order valence-electron chi connectivity index (χ2n) is 4.52. The number of amides is 1. The molecule has 1 atom stereocenters. The van der Waals surface area contributed by atoms with E-state index in [1.807, 2.05) is 0 Å². The Morgan fingerprint density at radius 1 is 1.40 bits per heavy atom. The molecular weight excluding hydrogens is 268 g/mol. The molecule has 0 aliphatic rings. The van der Waals surface area contributed by atoms with Crippen molar-refractivity contribution in [2.24, 2.45) is 0 Å². The molecule has 0 saturated heterocycles. The van der Waals surface area contributed by atoms with E-state index in [4.69, 9.17) is 5.11 Å². The lowest BCUT2D eigenvalue weighted by molar-refractivity contribution is -0.385. The predicted molar refractivity (Wildman–Crippen MR) is 68.3 cm³/mol. The summed E-state index contributed by atoms with van der Waals surface area (Å²) in [6.07, 6.45) is -0.551. The van der Waals surface area contributed by atoms with E-state index >= 15 is 0 Å². The second kappa shape index (κ2) is 6.11. The van der Waals surface area contributed by atoms with Crippen molar-refractivity contribution >= 4 is 17.6 Å². The largest absolute Gasteiger partial charge is 0.481 e. The van der Waals surface area contributed by atoms with E-state index < -0.39 is 28.8 Å². The van der Waals surface area contributed by atoms with E-state index in [1.165, 1.54) is 31.2 Å². The molecule has 8 nitrogen and oxygen atoms in total. The third kappa shape index (κ3) is 4.32. The van der Waals surface area contributed by atoms with Gasteiger partial charge in [0.1, 0.15) is 5.56 Å². The van der Waals surface area contributed by atoms with E-state index in [9.17, 15) is 24.8 Å². The zero-order valence-corrected chi connectivity index (χ0v) is 10.7. The van der Waals surface area contributed by atoms with Crippen molar-refractivity contribution in [3.8, 4) is 0 Å². The summed E-state index contributed by atoms with van der Waals surface area (Å²) in [4.78, 5) is 32.4. The Hall–Kier alpha value is -2.48. The number of benzene rings is 1. The van der Waals surface area contributed by atoms with Crippen molar-refractivity contribution in [3.05, 3.63) is 39.9 Å². The molecule has 20 heavy (non-hydrogen) atoms. The minimum atomic E-state index is -1.63. The zero-order chi connectivity index (χ0) is 15.3. The summed E-state index contributed by atoms with van der Waals surface area (Å²) in [6, 6.07) is 5.36. The number of nitro groups is 1. The maximum atomic E-state index is 11.8. The molecule has 0 heterocycles. The van der Waals surface area contributed by atoms with Crippen LogP contribution < -0.4 is 5.32 Å². The van der Waals surface area contributed by atoms with Gasteiger partial charge in [-0.15, -0.1) is 0 Å². The summed E-state index contributed by atoms with van der Waals surface area (Å²) in [5, 5.41) is 31.4. The first-order valence-corrected chi connectivity index (χ1v) is 5.69. The number of carboxylic acid groups (broad SMARTS) is 1. The Kier molecular flexibility index (Phi) is 4.76. The van der Waals surface area contributed by atoms with Crippen LogP contribution in [0, 0.1) is 10.1 Å². The number of hydrogen-bond donors (Lipinski definition) is 3. The topological polar surface area (TPSA) is 130 Å². The smallest absolute Gasteiger partial charge is 0.306 e. The highest BCUT2D eigenvalue weighted by molar-refractivity contribution is 5.98. The van der Waals surface area contributed by atoms with E-state index in [2.05, 4.69) is 5.32 Å². The highest BCUT2D eigenvalue weighted by Gasteiger charge is 2.26. The molecule has 0 spiro atoms. The minimum Gasteiger partial charge on any atom is -0.481 e. The van der Waals surface area contributed by atoms with Crippen molar-refractivity contribution < 1.29 is 24.7 Å². The first-order valence-electron chi connectivity index (χ1n) is 5.69. The van der Waals surface area contributed by atoms with Gasteiger partial charge in [-0.2, -0.15) is 0 Å². The lowest BCUT2D eigenvalue weighted by Gasteiger charge is -2.21. The highest BCUT2D eigenvalue weighted by atomic mass is 16.6. The van der Waals surface area contributed by atoms with Gasteiger partial charge in [0.15, 0.2) is 0 Å². The summed E-state index contributed by atoms with van der Waals surface area (Å²) < 4.78 is 0. The van der Waals surface area contributed by atoms with Crippen LogP contribution in [0.2, 0.25) is 0 Å². The average Bonchev–Trinajstić information content (AvgIpc) is 2.34. The van der Waals surface area contributed by atoms with Gasteiger partial charge in [-0.25, -0.2) is 0 Å². The fourth-order valence-electron chi connectivity index (χ4n) is 1.58. The van der Waals surface area contributed by atoms with Crippen LogP contribution in [0.4, 0.5) is 5.69 Å². The summed E-state index contributed by atoms with van der Waals surface area (Å²) in [7, 11) is 0. The number of aliphatic hydroxyl groups is 1. The van der Waals surface area contributed by atoms with Gasteiger partial charge in [0.05, 0.1) is 16.9 Å². The number of carbonyl (C=O) groups is 2. The molecule has 1 amide bonds. The van der Waals surface area contributed by atoms with E-state index in [0.717, 1.165) is 0 Å². The molecule has 0 bridgehead atoms. The summed E-state index contributed by atoms with van der Waals surface area (Å²) >= 11 is 0. The highest BCUT2D eigenvalue weighted by Crippen LogP contribution is 2.17. The SMILES string of the molecule is CC(O)(CNC(=O)c1ccccc1[N+](=O)[O-])CC(=O)O. The summed E-state index contributed by atoms with van der Waals surface area (Å²) in [6.45, 7) is 0.922. The summed E-state index contributed by atoms with van der Waals surface area (Å²) in [5.41, 5.74) is -2.14. The van der Waals surface area contributed by atoms with Crippen LogP contribution >= 0.6 is 0 Å². The van der Waals surface area contributed by atoms with Gasteiger partial charge in [0.25, 0.3) is 11.6 Å². The number of hydrogen-bond acceptors (Lipinski definition) is 5. The molecule has 3 N–H and O–H groups in total. The lowest BCUT2D eigenvalue weighted by Crippen LogP contribution is -2.42. The van der Waals surface area contributed by atoms with Gasteiger partial charge in [0, 0.05) is 12.6 Å². The Morgan fingerprint density at radius 2 is 2.00 bits per heavy atom. The molecule has 0 radical (unpaired) electrons. The van der Waals surface area contributed by atoms with Gasteiger partial charge in [0.2, 0.25) is 0 Å². The Morgan fingerprint density at radius 3 is 2.55 bits per heavy atom. The predicted octanol–water partition coefficient (Wildman–Crippen LogP) is 0.550. The van der Waals surface area contributed by atoms with Gasteiger partial charge >= 0.3 is 5.97 Å².